The van der Waals surface area contributed by atoms with E-state index in [1.54, 1.807) is 25.3 Å². The Morgan fingerprint density at radius 1 is 1.56 bits per heavy atom. The van der Waals surface area contributed by atoms with Crippen molar-refractivity contribution in [3.05, 3.63) is 47.4 Å². The number of anilines is 1. The molecule has 3 N–H and O–H groups in total. The van der Waals surface area contributed by atoms with Crippen molar-refractivity contribution in [2.75, 3.05) is 5.32 Å². The van der Waals surface area contributed by atoms with E-state index in [-0.39, 0.29) is 4.99 Å². The maximum atomic E-state index is 13.7. The van der Waals surface area contributed by atoms with Gasteiger partial charge in [0.05, 0.1) is 18.4 Å². The number of aromatic nitrogens is 1. The van der Waals surface area contributed by atoms with E-state index in [0.29, 0.717) is 23.7 Å². The van der Waals surface area contributed by atoms with Gasteiger partial charge in [-0.05, 0) is 25.1 Å². The predicted molar refractivity (Wildman–Crippen MR) is 70.9 cm³/mol. The second-order valence-corrected chi connectivity index (χ2v) is 4.22. The molecule has 18 heavy (non-hydrogen) atoms. The smallest absolute Gasteiger partial charge is 0.213 e. The van der Waals surface area contributed by atoms with Crippen molar-refractivity contribution in [2.24, 2.45) is 5.73 Å². The standard InChI is InChI=1S/C12H12FN3OS/c1-7-5-16-11(17-7)6-15-10-3-2-8(12(14)18)4-9(10)13/h2-5,15H,6H2,1H3,(H2,14,18). The zero-order valence-electron chi connectivity index (χ0n) is 9.74. The van der Waals surface area contributed by atoms with E-state index in [4.69, 9.17) is 22.4 Å². The zero-order valence-corrected chi connectivity index (χ0v) is 10.6. The monoisotopic (exact) mass is 265 g/mol. The molecular formula is C12H12FN3OS. The molecule has 0 unspecified atom stereocenters. The fourth-order valence-corrected chi connectivity index (χ4v) is 1.59. The molecule has 4 nitrogen and oxygen atoms in total. The molecule has 0 saturated carbocycles. The number of rotatable bonds is 4. The van der Waals surface area contributed by atoms with Gasteiger partial charge < -0.3 is 15.5 Å². The molecule has 0 spiro atoms. The van der Waals surface area contributed by atoms with Crippen LogP contribution < -0.4 is 11.1 Å². The fraction of sp³-hybridized carbons (Fsp3) is 0.167. The van der Waals surface area contributed by atoms with E-state index in [9.17, 15) is 4.39 Å². The van der Waals surface area contributed by atoms with Crippen molar-refractivity contribution >= 4 is 22.9 Å². The van der Waals surface area contributed by atoms with E-state index in [1.807, 2.05) is 0 Å². The largest absolute Gasteiger partial charge is 0.444 e. The van der Waals surface area contributed by atoms with Gasteiger partial charge in [-0.15, -0.1) is 0 Å². The third-order valence-corrected chi connectivity index (χ3v) is 2.59. The van der Waals surface area contributed by atoms with Gasteiger partial charge in [-0.2, -0.15) is 0 Å². The first-order valence-electron chi connectivity index (χ1n) is 5.31. The lowest BCUT2D eigenvalue weighted by atomic mass is 10.2. The molecule has 0 atom stereocenters. The van der Waals surface area contributed by atoms with Crippen LogP contribution in [0.1, 0.15) is 17.2 Å². The first-order chi connectivity index (χ1) is 8.56. The third kappa shape index (κ3) is 2.84. The second-order valence-electron chi connectivity index (χ2n) is 3.78. The van der Waals surface area contributed by atoms with Crippen LogP contribution in [0.25, 0.3) is 0 Å². The molecular weight excluding hydrogens is 253 g/mol. The number of benzene rings is 1. The molecule has 94 valence electrons. The Labute approximate surface area is 109 Å². The van der Waals surface area contributed by atoms with Gasteiger partial charge in [-0.3, -0.25) is 0 Å². The summed E-state index contributed by atoms with van der Waals surface area (Å²) < 4.78 is 19.0. The summed E-state index contributed by atoms with van der Waals surface area (Å²) in [5.74, 6) is 0.810. The molecule has 0 amide bonds. The Kier molecular flexibility index (Phi) is 3.57. The molecule has 2 rings (SSSR count). The maximum Gasteiger partial charge on any atom is 0.213 e. The lowest BCUT2D eigenvalue weighted by Gasteiger charge is -2.06. The van der Waals surface area contributed by atoms with Crippen molar-refractivity contribution < 1.29 is 8.81 Å². The summed E-state index contributed by atoms with van der Waals surface area (Å²) >= 11 is 4.77. The van der Waals surface area contributed by atoms with Gasteiger partial charge in [0.15, 0.2) is 0 Å². The molecule has 0 aliphatic rings. The van der Waals surface area contributed by atoms with Crippen LogP contribution in [0.4, 0.5) is 10.1 Å². The third-order valence-electron chi connectivity index (χ3n) is 2.35. The van der Waals surface area contributed by atoms with Crippen molar-refractivity contribution in [3.63, 3.8) is 0 Å². The number of nitrogens with zero attached hydrogens (tertiary/aromatic N) is 1. The minimum atomic E-state index is -0.413. The molecule has 2 aromatic rings. The average molecular weight is 265 g/mol. The summed E-state index contributed by atoms with van der Waals surface area (Å²) in [5.41, 5.74) is 6.27. The first kappa shape index (κ1) is 12.5. The maximum absolute atomic E-state index is 13.7. The summed E-state index contributed by atoms with van der Waals surface area (Å²) in [6.07, 6.45) is 1.61. The highest BCUT2D eigenvalue weighted by atomic mass is 32.1. The number of nitrogens with one attached hydrogen (secondary N) is 1. The van der Waals surface area contributed by atoms with Gasteiger partial charge in [0, 0.05) is 5.56 Å². The molecule has 1 aromatic carbocycles. The number of hydrogen-bond donors (Lipinski definition) is 2. The highest BCUT2D eigenvalue weighted by Gasteiger charge is 2.06. The number of aryl methyl sites for hydroxylation is 1. The van der Waals surface area contributed by atoms with E-state index < -0.39 is 5.82 Å². The molecule has 0 radical (unpaired) electrons. The van der Waals surface area contributed by atoms with E-state index >= 15 is 0 Å². The normalized spacial score (nSPS) is 10.3. The van der Waals surface area contributed by atoms with Crippen LogP contribution in [0.5, 0.6) is 0 Å². The number of thiocarbonyl (C=S) groups is 1. The number of nitrogens with two attached hydrogens (primary N) is 1. The molecule has 0 aliphatic carbocycles. The zero-order chi connectivity index (χ0) is 13.1. The van der Waals surface area contributed by atoms with Crippen molar-refractivity contribution in [1.82, 2.24) is 4.98 Å². The van der Waals surface area contributed by atoms with Gasteiger partial charge in [0.25, 0.3) is 0 Å². The molecule has 0 fully saturated rings. The first-order valence-corrected chi connectivity index (χ1v) is 5.71. The summed E-state index contributed by atoms with van der Waals surface area (Å²) in [5, 5.41) is 2.89. The summed E-state index contributed by atoms with van der Waals surface area (Å²) in [6.45, 7) is 2.12. The van der Waals surface area contributed by atoms with Gasteiger partial charge in [-0.1, -0.05) is 12.2 Å². The second kappa shape index (κ2) is 5.14. The highest BCUT2D eigenvalue weighted by molar-refractivity contribution is 7.80. The summed E-state index contributed by atoms with van der Waals surface area (Å²) in [6, 6.07) is 4.54. The molecule has 0 aliphatic heterocycles. The van der Waals surface area contributed by atoms with E-state index in [2.05, 4.69) is 10.3 Å². The van der Waals surface area contributed by atoms with Crippen LogP contribution >= 0.6 is 12.2 Å². The Morgan fingerprint density at radius 3 is 2.89 bits per heavy atom. The highest BCUT2D eigenvalue weighted by Crippen LogP contribution is 2.16. The number of oxazole rings is 1. The van der Waals surface area contributed by atoms with E-state index in [1.165, 1.54) is 6.07 Å². The van der Waals surface area contributed by atoms with Gasteiger partial charge in [0.1, 0.15) is 16.6 Å². The Morgan fingerprint density at radius 2 is 2.33 bits per heavy atom. The summed E-state index contributed by atoms with van der Waals surface area (Å²) in [4.78, 5) is 4.18. The van der Waals surface area contributed by atoms with Crippen LogP contribution in [0, 0.1) is 12.7 Å². The van der Waals surface area contributed by atoms with Gasteiger partial charge in [-0.25, -0.2) is 9.37 Å². The van der Waals surface area contributed by atoms with Crippen LogP contribution in [0.2, 0.25) is 0 Å². The lowest BCUT2D eigenvalue weighted by Crippen LogP contribution is -2.10. The van der Waals surface area contributed by atoms with Crippen LogP contribution in [0.3, 0.4) is 0 Å². The lowest BCUT2D eigenvalue weighted by molar-refractivity contribution is 0.478. The molecule has 1 aromatic heterocycles. The van der Waals surface area contributed by atoms with Crippen molar-refractivity contribution in [1.29, 1.82) is 0 Å². The van der Waals surface area contributed by atoms with Crippen molar-refractivity contribution in [3.8, 4) is 0 Å². The molecule has 0 saturated heterocycles. The van der Waals surface area contributed by atoms with Crippen LogP contribution in [-0.2, 0) is 6.54 Å². The van der Waals surface area contributed by atoms with E-state index in [0.717, 1.165) is 5.76 Å². The topological polar surface area (TPSA) is 64.1 Å². The minimum Gasteiger partial charge on any atom is -0.444 e. The number of halogens is 1. The minimum absolute atomic E-state index is 0.170. The van der Waals surface area contributed by atoms with Gasteiger partial charge in [0.2, 0.25) is 5.89 Å². The Hall–Kier alpha value is -1.95. The fourth-order valence-electron chi connectivity index (χ4n) is 1.47. The quantitative estimate of drug-likeness (QED) is 0.831. The molecule has 6 heteroatoms. The Balaban J connectivity index is 2.08. The SMILES string of the molecule is Cc1cnc(CNc2ccc(C(N)=S)cc2F)o1. The Bertz CT molecular complexity index is 582. The summed E-state index contributed by atoms with van der Waals surface area (Å²) in [7, 11) is 0. The van der Waals surface area contributed by atoms with Crippen molar-refractivity contribution in [2.45, 2.75) is 13.5 Å². The van der Waals surface area contributed by atoms with Crippen LogP contribution in [0.15, 0.2) is 28.8 Å². The molecule has 0 bridgehead atoms. The van der Waals surface area contributed by atoms with Crippen LogP contribution in [-0.4, -0.2) is 9.97 Å². The molecule has 1 heterocycles. The predicted octanol–water partition coefficient (Wildman–Crippen LogP) is 2.37. The van der Waals surface area contributed by atoms with Gasteiger partial charge >= 0.3 is 0 Å². The average Bonchev–Trinajstić information content (AvgIpc) is 2.73. The number of hydrogen-bond acceptors (Lipinski definition) is 4.